The van der Waals surface area contributed by atoms with Crippen LogP contribution >= 0.6 is 0 Å². The lowest BCUT2D eigenvalue weighted by atomic mass is 9.93. The summed E-state index contributed by atoms with van der Waals surface area (Å²) < 4.78 is 19.3. The molecular weight excluding hydrogens is 282 g/mol. The van der Waals surface area contributed by atoms with Gasteiger partial charge < -0.3 is 14.2 Å². The number of benzene rings is 1. The van der Waals surface area contributed by atoms with Crippen LogP contribution in [0.3, 0.4) is 0 Å². The fraction of sp³-hybridized carbons (Fsp3) is 0.500. The number of nitrogens with zero attached hydrogens (tertiary/aromatic N) is 3. The van der Waals surface area contributed by atoms with Crippen molar-refractivity contribution < 1.29 is 14.2 Å². The van der Waals surface area contributed by atoms with Gasteiger partial charge in [-0.3, -0.25) is 0 Å². The summed E-state index contributed by atoms with van der Waals surface area (Å²) in [5.41, 5.74) is 0.942. The highest BCUT2D eigenvalue weighted by molar-refractivity contribution is 5.30. The van der Waals surface area contributed by atoms with Crippen molar-refractivity contribution in [2.24, 2.45) is 5.41 Å². The Balaban J connectivity index is 1.91. The second-order valence-electron chi connectivity index (χ2n) is 6.32. The molecule has 0 spiro atoms. The van der Waals surface area contributed by atoms with E-state index in [1.165, 1.54) is 6.33 Å². The van der Waals surface area contributed by atoms with E-state index in [-0.39, 0.29) is 5.41 Å². The summed E-state index contributed by atoms with van der Waals surface area (Å²) >= 11 is 0. The van der Waals surface area contributed by atoms with Gasteiger partial charge in [0.15, 0.2) is 0 Å². The summed E-state index contributed by atoms with van der Waals surface area (Å²) in [6.45, 7) is 5.94. The molecule has 1 aliphatic rings. The van der Waals surface area contributed by atoms with Crippen molar-refractivity contribution in [2.45, 2.75) is 26.2 Å². The summed E-state index contributed by atoms with van der Waals surface area (Å²) in [5, 5.41) is 4.17. The Kier molecular flexibility index (Phi) is 3.88. The van der Waals surface area contributed by atoms with E-state index in [0.29, 0.717) is 19.8 Å². The van der Waals surface area contributed by atoms with Gasteiger partial charge in [-0.25, -0.2) is 9.67 Å². The molecule has 0 radical (unpaired) electrons. The van der Waals surface area contributed by atoms with Gasteiger partial charge in [-0.05, 0) is 24.3 Å². The fourth-order valence-electron chi connectivity index (χ4n) is 2.43. The van der Waals surface area contributed by atoms with Gasteiger partial charge in [0.25, 0.3) is 0 Å². The molecule has 22 heavy (non-hydrogen) atoms. The average Bonchev–Trinajstić information content (AvgIpc) is 3.03. The first-order valence-corrected chi connectivity index (χ1v) is 7.28. The van der Waals surface area contributed by atoms with E-state index in [1.54, 1.807) is 18.1 Å². The third-order valence-corrected chi connectivity index (χ3v) is 3.76. The predicted molar refractivity (Wildman–Crippen MR) is 80.4 cm³/mol. The molecule has 1 aliphatic heterocycles. The molecule has 1 fully saturated rings. The molecule has 118 valence electrons. The summed E-state index contributed by atoms with van der Waals surface area (Å²) in [5.74, 6) is -0.0500. The number of methoxy groups -OCH3 is 1. The normalized spacial score (nSPS) is 19.8. The van der Waals surface area contributed by atoms with Crippen molar-refractivity contribution in [3.63, 3.8) is 0 Å². The topological polar surface area (TPSA) is 58.4 Å². The number of rotatable bonds is 4. The molecule has 1 aromatic heterocycles. The SMILES string of the molecule is COc1ccc(C2(Cn3cncn3)OCC(C)(C)CO2)cc1. The van der Waals surface area contributed by atoms with Crippen LogP contribution in [0.15, 0.2) is 36.9 Å². The van der Waals surface area contributed by atoms with Crippen molar-refractivity contribution >= 4 is 0 Å². The standard InChI is InChI=1S/C16H21N3O3/c1-15(2)9-21-16(22-10-15,8-19-12-17-11-18-19)13-4-6-14(20-3)7-5-13/h4-7,11-12H,8-10H2,1-3H3. The van der Waals surface area contributed by atoms with Gasteiger partial charge in [-0.2, -0.15) is 5.10 Å². The smallest absolute Gasteiger partial charge is 0.215 e. The Bertz CT molecular complexity index is 598. The first-order valence-electron chi connectivity index (χ1n) is 7.28. The molecule has 6 heteroatoms. The van der Waals surface area contributed by atoms with Crippen LogP contribution in [-0.4, -0.2) is 35.1 Å². The first kappa shape index (κ1) is 15.0. The van der Waals surface area contributed by atoms with Gasteiger partial charge >= 0.3 is 0 Å². The zero-order valence-electron chi connectivity index (χ0n) is 13.2. The van der Waals surface area contributed by atoms with Crippen LogP contribution in [0.1, 0.15) is 19.4 Å². The van der Waals surface area contributed by atoms with Gasteiger partial charge in [0.05, 0.1) is 20.3 Å². The second kappa shape index (κ2) is 5.70. The number of hydrogen-bond acceptors (Lipinski definition) is 5. The molecule has 0 saturated carbocycles. The first-order chi connectivity index (χ1) is 10.5. The molecule has 0 N–H and O–H groups in total. The van der Waals surface area contributed by atoms with Crippen LogP contribution in [0, 0.1) is 5.41 Å². The zero-order valence-corrected chi connectivity index (χ0v) is 13.2. The molecule has 0 amide bonds. The van der Waals surface area contributed by atoms with Crippen molar-refractivity contribution in [1.29, 1.82) is 0 Å². The van der Waals surface area contributed by atoms with Crippen LogP contribution in [0.4, 0.5) is 0 Å². The van der Waals surface area contributed by atoms with Gasteiger partial charge in [0.1, 0.15) is 24.9 Å². The summed E-state index contributed by atoms with van der Waals surface area (Å²) in [7, 11) is 1.65. The Hall–Kier alpha value is -1.92. The van der Waals surface area contributed by atoms with Crippen LogP contribution in [0.25, 0.3) is 0 Å². The van der Waals surface area contributed by atoms with E-state index in [2.05, 4.69) is 23.9 Å². The maximum atomic E-state index is 6.16. The highest BCUT2D eigenvalue weighted by atomic mass is 16.7. The quantitative estimate of drug-likeness (QED) is 0.866. The monoisotopic (exact) mass is 303 g/mol. The fourth-order valence-corrected chi connectivity index (χ4v) is 2.43. The lowest BCUT2D eigenvalue weighted by molar-refractivity contribution is -0.315. The van der Waals surface area contributed by atoms with Gasteiger partial charge in [-0.15, -0.1) is 0 Å². The molecular formula is C16H21N3O3. The van der Waals surface area contributed by atoms with Crippen LogP contribution in [0.5, 0.6) is 5.75 Å². The number of ether oxygens (including phenoxy) is 3. The van der Waals surface area contributed by atoms with E-state index in [1.807, 2.05) is 24.3 Å². The zero-order chi connectivity index (χ0) is 15.6. The highest BCUT2D eigenvalue weighted by Crippen LogP contribution is 2.38. The Morgan fingerprint density at radius 1 is 1.18 bits per heavy atom. The van der Waals surface area contributed by atoms with Gasteiger partial charge in [0.2, 0.25) is 5.79 Å². The van der Waals surface area contributed by atoms with Crippen molar-refractivity contribution in [1.82, 2.24) is 14.8 Å². The third-order valence-electron chi connectivity index (χ3n) is 3.76. The summed E-state index contributed by atoms with van der Waals surface area (Å²) in [4.78, 5) is 3.99. The largest absolute Gasteiger partial charge is 0.497 e. The van der Waals surface area contributed by atoms with Crippen molar-refractivity contribution in [3.05, 3.63) is 42.5 Å². The van der Waals surface area contributed by atoms with Crippen molar-refractivity contribution in [3.8, 4) is 5.75 Å². The van der Waals surface area contributed by atoms with Gasteiger partial charge in [-0.1, -0.05) is 13.8 Å². The molecule has 0 aliphatic carbocycles. The molecule has 6 nitrogen and oxygen atoms in total. The van der Waals surface area contributed by atoms with E-state index < -0.39 is 5.79 Å². The molecule has 2 heterocycles. The number of hydrogen-bond donors (Lipinski definition) is 0. The van der Waals surface area contributed by atoms with Crippen LogP contribution in [-0.2, 0) is 21.8 Å². The van der Waals surface area contributed by atoms with Gasteiger partial charge in [0, 0.05) is 11.0 Å². The Morgan fingerprint density at radius 3 is 2.41 bits per heavy atom. The summed E-state index contributed by atoms with van der Waals surface area (Å²) in [6.07, 6.45) is 3.17. The molecule has 1 saturated heterocycles. The average molecular weight is 303 g/mol. The molecule has 0 atom stereocenters. The molecule has 0 bridgehead atoms. The Morgan fingerprint density at radius 2 is 1.86 bits per heavy atom. The number of aromatic nitrogens is 3. The molecule has 3 rings (SSSR count). The lowest BCUT2D eigenvalue weighted by Crippen LogP contribution is -2.48. The lowest BCUT2D eigenvalue weighted by Gasteiger charge is -2.43. The Labute approximate surface area is 130 Å². The molecule has 2 aromatic rings. The predicted octanol–water partition coefficient (Wildman–Crippen LogP) is 2.21. The van der Waals surface area contributed by atoms with E-state index in [9.17, 15) is 0 Å². The maximum Gasteiger partial charge on any atom is 0.215 e. The molecule has 0 unspecified atom stereocenters. The molecule has 1 aromatic carbocycles. The van der Waals surface area contributed by atoms with E-state index >= 15 is 0 Å². The maximum absolute atomic E-state index is 6.16. The van der Waals surface area contributed by atoms with Crippen LogP contribution in [0.2, 0.25) is 0 Å². The summed E-state index contributed by atoms with van der Waals surface area (Å²) in [6, 6.07) is 7.75. The van der Waals surface area contributed by atoms with E-state index in [4.69, 9.17) is 14.2 Å². The van der Waals surface area contributed by atoms with E-state index in [0.717, 1.165) is 11.3 Å². The minimum atomic E-state index is -0.852. The highest BCUT2D eigenvalue weighted by Gasteiger charge is 2.42. The second-order valence-corrected chi connectivity index (χ2v) is 6.32. The minimum absolute atomic E-state index is 0.00165. The van der Waals surface area contributed by atoms with Crippen molar-refractivity contribution in [2.75, 3.05) is 20.3 Å². The van der Waals surface area contributed by atoms with Crippen LogP contribution < -0.4 is 4.74 Å². The minimum Gasteiger partial charge on any atom is -0.497 e. The third kappa shape index (κ3) is 2.98.